The van der Waals surface area contributed by atoms with Crippen molar-refractivity contribution in [3.05, 3.63) is 17.8 Å². The summed E-state index contributed by atoms with van der Waals surface area (Å²) >= 11 is 0. The molecule has 0 saturated carbocycles. The second kappa shape index (κ2) is 5.45. The quantitative estimate of drug-likeness (QED) is 0.753. The summed E-state index contributed by atoms with van der Waals surface area (Å²) in [6.07, 6.45) is 6.42. The normalized spacial score (nSPS) is 21.9. The Hall–Kier alpha value is -1.16. The van der Waals surface area contributed by atoms with Gasteiger partial charge in [-0.25, -0.2) is 4.98 Å². The molecule has 0 amide bonds. The molecule has 0 aliphatic carbocycles. The number of aromatic nitrogens is 1. The summed E-state index contributed by atoms with van der Waals surface area (Å²) in [6, 6.07) is 0.783. The monoisotopic (exact) mass is 236 g/mol. The van der Waals surface area contributed by atoms with Crippen LogP contribution in [-0.4, -0.2) is 28.8 Å². The summed E-state index contributed by atoms with van der Waals surface area (Å²) in [5.74, 6) is 1.44. The predicted octanol–water partition coefficient (Wildman–Crippen LogP) is 2.35. The molecule has 1 fully saturated rings. The average molecular weight is 236 g/mol. The molecule has 1 aromatic heterocycles. The molecule has 0 bridgehead atoms. The summed E-state index contributed by atoms with van der Waals surface area (Å²) in [4.78, 5) is 17.2. The highest BCUT2D eigenvalue weighted by atomic mass is 16.4. The van der Waals surface area contributed by atoms with Crippen LogP contribution >= 0.6 is 0 Å². The first-order valence-corrected chi connectivity index (χ1v) is 6.36. The van der Waals surface area contributed by atoms with E-state index in [0.717, 1.165) is 25.1 Å². The zero-order chi connectivity index (χ0) is 12.3. The second-order valence-corrected chi connectivity index (χ2v) is 4.88. The average Bonchev–Trinajstić information content (AvgIpc) is 2.78. The summed E-state index contributed by atoms with van der Waals surface area (Å²) < 4.78 is 5.66. The van der Waals surface area contributed by atoms with Crippen LogP contribution in [0.15, 0.2) is 10.6 Å². The number of nitrogens with zero attached hydrogens (tertiary/aromatic N) is 2. The maximum absolute atomic E-state index is 10.4. The highest BCUT2D eigenvalue weighted by molar-refractivity contribution is 5.52. The molecule has 0 radical (unpaired) electrons. The molecule has 1 unspecified atom stereocenters. The fraction of sp³-hybridized carbons (Fsp3) is 0.692. The van der Waals surface area contributed by atoms with E-state index >= 15 is 0 Å². The number of oxazole rings is 1. The lowest BCUT2D eigenvalue weighted by molar-refractivity contribution is -0.107. The maximum atomic E-state index is 10.4. The molecule has 0 aromatic carbocycles. The Balaban J connectivity index is 2.14. The standard InChI is InChI=1S/C13H20N2O2/c1-10(2)15-7-4-3-5-12(15)13-14-9-11(17-13)6-8-16/h8-10,12H,3-7H2,1-2H3. The Bertz CT molecular complexity index is 373. The van der Waals surface area contributed by atoms with Gasteiger partial charge >= 0.3 is 0 Å². The number of likely N-dealkylation sites (tertiary alicyclic amines) is 1. The van der Waals surface area contributed by atoms with Crippen LogP contribution in [0.25, 0.3) is 0 Å². The van der Waals surface area contributed by atoms with Crippen molar-refractivity contribution >= 4 is 6.29 Å². The van der Waals surface area contributed by atoms with Crippen molar-refractivity contribution in [2.45, 2.75) is 51.6 Å². The van der Waals surface area contributed by atoms with E-state index in [1.54, 1.807) is 6.20 Å². The van der Waals surface area contributed by atoms with Gasteiger partial charge in [0.1, 0.15) is 12.0 Å². The first-order valence-electron chi connectivity index (χ1n) is 6.36. The van der Waals surface area contributed by atoms with E-state index in [1.165, 1.54) is 12.8 Å². The van der Waals surface area contributed by atoms with Crippen LogP contribution in [0.4, 0.5) is 0 Å². The van der Waals surface area contributed by atoms with Gasteiger partial charge in [0.25, 0.3) is 0 Å². The molecule has 4 nitrogen and oxygen atoms in total. The van der Waals surface area contributed by atoms with E-state index in [0.29, 0.717) is 18.2 Å². The number of hydrogen-bond donors (Lipinski definition) is 0. The minimum Gasteiger partial charge on any atom is -0.444 e. The lowest BCUT2D eigenvalue weighted by atomic mass is 10.0. The highest BCUT2D eigenvalue weighted by Gasteiger charge is 2.29. The van der Waals surface area contributed by atoms with E-state index in [9.17, 15) is 4.79 Å². The minimum absolute atomic E-state index is 0.282. The molecule has 94 valence electrons. The van der Waals surface area contributed by atoms with Gasteiger partial charge in [-0.05, 0) is 33.2 Å². The van der Waals surface area contributed by atoms with E-state index in [2.05, 4.69) is 23.7 Å². The van der Waals surface area contributed by atoms with Crippen molar-refractivity contribution in [1.82, 2.24) is 9.88 Å². The minimum atomic E-state index is 0.282. The number of aldehydes is 1. The van der Waals surface area contributed by atoms with Crippen molar-refractivity contribution in [2.24, 2.45) is 0 Å². The van der Waals surface area contributed by atoms with Crippen LogP contribution in [0.5, 0.6) is 0 Å². The molecule has 0 N–H and O–H groups in total. The zero-order valence-corrected chi connectivity index (χ0v) is 10.6. The first kappa shape index (κ1) is 12.3. The largest absolute Gasteiger partial charge is 0.444 e. The predicted molar refractivity (Wildman–Crippen MR) is 64.7 cm³/mol. The van der Waals surface area contributed by atoms with Crippen molar-refractivity contribution in [1.29, 1.82) is 0 Å². The third-order valence-corrected chi connectivity index (χ3v) is 3.35. The molecular weight excluding hydrogens is 216 g/mol. The molecule has 17 heavy (non-hydrogen) atoms. The SMILES string of the molecule is CC(C)N1CCCCC1c1ncc(CC=O)o1. The number of piperidine rings is 1. The lowest BCUT2D eigenvalue weighted by Gasteiger charge is -2.36. The maximum Gasteiger partial charge on any atom is 0.211 e. The van der Waals surface area contributed by atoms with E-state index in [4.69, 9.17) is 4.42 Å². The van der Waals surface area contributed by atoms with Gasteiger partial charge in [-0.2, -0.15) is 0 Å². The number of carbonyl (C=O) groups is 1. The fourth-order valence-electron chi connectivity index (χ4n) is 2.49. The van der Waals surface area contributed by atoms with Gasteiger partial charge in [0.2, 0.25) is 5.89 Å². The van der Waals surface area contributed by atoms with E-state index in [-0.39, 0.29) is 6.04 Å². The molecule has 1 aromatic rings. The number of hydrogen-bond acceptors (Lipinski definition) is 4. The summed E-state index contributed by atoms with van der Waals surface area (Å²) in [6.45, 7) is 5.51. The van der Waals surface area contributed by atoms with Crippen molar-refractivity contribution < 1.29 is 9.21 Å². The van der Waals surface area contributed by atoms with Crippen LogP contribution in [0, 0.1) is 0 Å². The molecule has 2 heterocycles. The molecular formula is C13H20N2O2. The molecule has 1 atom stereocenters. The number of carbonyl (C=O) groups excluding carboxylic acids is 1. The van der Waals surface area contributed by atoms with Gasteiger partial charge in [0, 0.05) is 6.04 Å². The second-order valence-electron chi connectivity index (χ2n) is 4.88. The third-order valence-electron chi connectivity index (χ3n) is 3.35. The summed E-state index contributed by atoms with van der Waals surface area (Å²) in [5, 5.41) is 0. The summed E-state index contributed by atoms with van der Waals surface area (Å²) in [5.41, 5.74) is 0. The van der Waals surface area contributed by atoms with Gasteiger partial charge < -0.3 is 9.21 Å². The van der Waals surface area contributed by atoms with Gasteiger partial charge in [0.05, 0.1) is 18.7 Å². The Kier molecular flexibility index (Phi) is 3.94. The van der Waals surface area contributed by atoms with Crippen LogP contribution in [0.1, 0.15) is 50.8 Å². The molecule has 1 aliphatic rings. The highest BCUT2D eigenvalue weighted by Crippen LogP contribution is 2.31. The molecule has 0 spiro atoms. The Labute approximate surface area is 102 Å². The number of rotatable bonds is 4. The van der Waals surface area contributed by atoms with Crippen LogP contribution in [-0.2, 0) is 11.2 Å². The smallest absolute Gasteiger partial charge is 0.211 e. The third kappa shape index (κ3) is 2.75. The van der Waals surface area contributed by atoms with Crippen LogP contribution < -0.4 is 0 Å². The van der Waals surface area contributed by atoms with Gasteiger partial charge in [-0.1, -0.05) is 6.42 Å². The molecule has 1 saturated heterocycles. The van der Waals surface area contributed by atoms with Crippen molar-refractivity contribution in [3.8, 4) is 0 Å². The Morgan fingerprint density at radius 3 is 3.12 bits per heavy atom. The van der Waals surface area contributed by atoms with E-state index in [1.807, 2.05) is 0 Å². The van der Waals surface area contributed by atoms with Crippen molar-refractivity contribution in [2.75, 3.05) is 6.54 Å². The molecule has 1 aliphatic heterocycles. The van der Waals surface area contributed by atoms with Crippen LogP contribution in [0.2, 0.25) is 0 Å². The van der Waals surface area contributed by atoms with Crippen molar-refractivity contribution in [3.63, 3.8) is 0 Å². The Morgan fingerprint density at radius 1 is 1.59 bits per heavy atom. The van der Waals surface area contributed by atoms with E-state index < -0.39 is 0 Å². The fourth-order valence-corrected chi connectivity index (χ4v) is 2.49. The first-order chi connectivity index (χ1) is 8.22. The van der Waals surface area contributed by atoms with Gasteiger partial charge in [-0.3, -0.25) is 4.90 Å². The lowest BCUT2D eigenvalue weighted by Crippen LogP contribution is -2.38. The zero-order valence-electron chi connectivity index (χ0n) is 10.6. The van der Waals surface area contributed by atoms with Gasteiger partial charge in [0.15, 0.2) is 0 Å². The Morgan fingerprint density at radius 2 is 2.41 bits per heavy atom. The molecule has 2 rings (SSSR count). The van der Waals surface area contributed by atoms with Gasteiger partial charge in [-0.15, -0.1) is 0 Å². The molecule has 4 heteroatoms. The topological polar surface area (TPSA) is 46.3 Å². The van der Waals surface area contributed by atoms with Crippen LogP contribution in [0.3, 0.4) is 0 Å². The summed E-state index contributed by atoms with van der Waals surface area (Å²) in [7, 11) is 0.